The first-order valence-electron chi connectivity index (χ1n) is 11.9. The molecule has 1 aromatic rings. The number of allylic oxidation sites excluding steroid dienone is 5. The van der Waals surface area contributed by atoms with E-state index in [0.29, 0.717) is 17.6 Å². The smallest absolute Gasteiger partial charge is 0.136 e. The zero-order valence-electron chi connectivity index (χ0n) is 18.4. The van der Waals surface area contributed by atoms with E-state index in [2.05, 4.69) is 49.4 Å². The molecular formula is C28H35NO. The molecule has 1 fully saturated rings. The summed E-state index contributed by atoms with van der Waals surface area (Å²) >= 11 is 0. The molecule has 0 N–H and O–H groups in total. The molecule has 30 heavy (non-hydrogen) atoms. The number of carbonyl (C=O) groups is 1. The fourth-order valence-electron chi connectivity index (χ4n) is 5.34. The first-order valence-corrected chi connectivity index (χ1v) is 11.9. The summed E-state index contributed by atoms with van der Waals surface area (Å²) in [5.41, 5.74) is 5.57. The highest BCUT2D eigenvalue weighted by molar-refractivity contribution is 6.05. The lowest BCUT2D eigenvalue weighted by molar-refractivity contribution is -0.123. The van der Waals surface area contributed by atoms with Crippen molar-refractivity contribution in [3.63, 3.8) is 0 Å². The number of nitrogens with zero attached hydrogens (tertiary/aromatic N) is 1. The van der Waals surface area contributed by atoms with Crippen molar-refractivity contribution in [3.05, 3.63) is 71.5 Å². The van der Waals surface area contributed by atoms with Gasteiger partial charge in [0.25, 0.3) is 0 Å². The molecule has 0 spiro atoms. The second-order valence-corrected chi connectivity index (χ2v) is 9.39. The maximum absolute atomic E-state index is 12.9. The molecule has 3 atom stereocenters. The van der Waals surface area contributed by atoms with Crippen molar-refractivity contribution in [2.24, 2.45) is 22.7 Å². The minimum Gasteiger partial charge on any atom is -0.299 e. The number of hydrogen-bond donors (Lipinski definition) is 0. The van der Waals surface area contributed by atoms with Gasteiger partial charge in [0.05, 0.1) is 5.71 Å². The average molecular weight is 402 g/mol. The minimum absolute atomic E-state index is 0.114. The van der Waals surface area contributed by atoms with Gasteiger partial charge >= 0.3 is 0 Å². The zero-order chi connectivity index (χ0) is 20.8. The van der Waals surface area contributed by atoms with Gasteiger partial charge in [-0.2, -0.15) is 0 Å². The number of Topliss-reactive ketones (excluding diaryl/α,β-unsaturated/α-hetero) is 1. The van der Waals surface area contributed by atoms with Gasteiger partial charge in [0, 0.05) is 24.5 Å². The molecule has 3 aliphatic rings. The van der Waals surface area contributed by atoms with Crippen LogP contribution in [0.25, 0.3) is 0 Å². The number of benzene rings is 1. The summed E-state index contributed by atoms with van der Waals surface area (Å²) in [6, 6.07) is 10.4. The summed E-state index contributed by atoms with van der Waals surface area (Å²) in [6.07, 6.45) is 19.8. The summed E-state index contributed by atoms with van der Waals surface area (Å²) in [7, 11) is 0. The Bertz CT molecular complexity index is 858. The minimum atomic E-state index is 0.114. The van der Waals surface area contributed by atoms with Crippen LogP contribution in [-0.4, -0.2) is 11.5 Å². The van der Waals surface area contributed by atoms with Gasteiger partial charge in [0.1, 0.15) is 5.78 Å². The SMILES string of the molecule is C[C@H](Cc1ccccc1)C(=O)CC1CCCC(C2=NC=CCC3=C2C=CCC3)CC1. The van der Waals surface area contributed by atoms with Crippen LogP contribution in [0.2, 0.25) is 0 Å². The zero-order valence-corrected chi connectivity index (χ0v) is 18.4. The number of rotatable bonds is 6. The first-order chi connectivity index (χ1) is 14.7. The van der Waals surface area contributed by atoms with Crippen LogP contribution in [-0.2, 0) is 11.2 Å². The molecular weight excluding hydrogens is 366 g/mol. The van der Waals surface area contributed by atoms with Gasteiger partial charge in [0.2, 0.25) is 0 Å². The lowest BCUT2D eigenvalue weighted by Crippen LogP contribution is -2.19. The van der Waals surface area contributed by atoms with Crippen molar-refractivity contribution in [1.82, 2.24) is 0 Å². The molecule has 0 amide bonds. The van der Waals surface area contributed by atoms with Gasteiger partial charge < -0.3 is 0 Å². The van der Waals surface area contributed by atoms with E-state index in [9.17, 15) is 4.79 Å². The fraction of sp³-hybridized carbons (Fsp3) is 0.500. The Morgan fingerprint density at radius 3 is 2.83 bits per heavy atom. The fourth-order valence-corrected chi connectivity index (χ4v) is 5.34. The Balaban J connectivity index is 1.35. The van der Waals surface area contributed by atoms with E-state index >= 15 is 0 Å². The Kier molecular flexibility index (Phi) is 7.15. The van der Waals surface area contributed by atoms with E-state index in [0.717, 1.165) is 32.1 Å². The van der Waals surface area contributed by atoms with Crippen molar-refractivity contribution in [1.29, 1.82) is 0 Å². The van der Waals surface area contributed by atoms with Gasteiger partial charge in [-0.15, -0.1) is 0 Å². The number of ketones is 1. The molecule has 2 nitrogen and oxygen atoms in total. The molecule has 0 saturated heterocycles. The molecule has 2 heteroatoms. The second kappa shape index (κ2) is 10.2. The molecule has 1 heterocycles. The summed E-state index contributed by atoms with van der Waals surface area (Å²) in [5, 5.41) is 0. The Hall–Kier alpha value is -2.22. The Labute approximate surface area is 181 Å². The van der Waals surface area contributed by atoms with Gasteiger partial charge in [-0.25, -0.2) is 0 Å². The predicted octanol–water partition coefficient (Wildman–Crippen LogP) is 7.03. The van der Waals surface area contributed by atoms with Crippen LogP contribution in [0, 0.1) is 17.8 Å². The monoisotopic (exact) mass is 401 g/mol. The predicted molar refractivity (Wildman–Crippen MR) is 126 cm³/mol. The van der Waals surface area contributed by atoms with Gasteiger partial charge in [-0.05, 0) is 62.0 Å². The highest BCUT2D eigenvalue weighted by Crippen LogP contribution is 2.35. The van der Waals surface area contributed by atoms with Crippen LogP contribution in [0.5, 0.6) is 0 Å². The van der Waals surface area contributed by atoms with E-state index in [4.69, 9.17) is 4.99 Å². The molecule has 2 unspecified atom stereocenters. The maximum atomic E-state index is 12.9. The molecule has 158 valence electrons. The third-order valence-corrected chi connectivity index (χ3v) is 7.14. The molecule has 1 aromatic carbocycles. The van der Waals surface area contributed by atoms with Crippen molar-refractivity contribution in [3.8, 4) is 0 Å². The van der Waals surface area contributed by atoms with Crippen LogP contribution in [0.3, 0.4) is 0 Å². The summed E-state index contributed by atoms with van der Waals surface area (Å²) in [6.45, 7) is 2.10. The van der Waals surface area contributed by atoms with Gasteiger partial charge in [-0.1, -0.05) is 73.9 Å². The third-order valence-electron chi connectivity index (χ3n) is 7.14. The Morgan fingerprint density at radius 2 is 1.97 bits per heavy atom. The molecule has 1 aliphatic heterocycles. The highest BCUT2D eigenvalue weighted by atomic mass is 16.1. The van der Waals surface area contributed by atoms with Crippen LogP contribution >= 0.6 is 0 Å². The van der Waals surface area contributed by atoms with Gasteiger partial charge in [0.15, 0.2) is 0 Å². The van der Waals surface area contributed by atoms with E-state index < -0.39 is 0 Å². The normalized spacial score (nSPS) is 25.2. The molecule has 0 aromatic heterocycles. The van der Waals surface area contributed by atoms with E-state index in [1.807, 2.05) is 12.3 Å². The third kappa shape index (κ3) is 5.28. The average Bonchev–Trinajstić information content (AvgIpc) is 3.13. The maximum Gasteiger partial charge on any atom is 0.136 e. The number of carbonyl (C=O) groups excluding carboxylic acids is 1. The van der Waals surface area contributed by atoms with E-state index in [1.54, 1.807) is 5.57 Å². The number of hydrogen-bond acceptors (Lipinski definition) is 2. The lowest BCUT2D eigenvalue weighted by Gasteiger charge is -2.22. The van der Waals surface area contributed by atoms with Crippen molar-refractivity contribution >= 4 is 11.5 Å². The largest absolute Gasteiger partial charge is 0.299 e. The highest BCUT2D eigenvalue weighted by Gasteiger charge is 2.28. The van der Waals surface area contributed by atoms with E-state index in [-0.39, 0.29) is 5.92 Å². The molecule has 2 aliphatic carbocycles. The standard InChI is InChI=1S/C28H35NO/c1-21(19-22-9-3-2-4-10-22)27(30)20-23-11-7-13-25(17-16-23)28-26-15-6-5-12-24(26)14-8-18-29-28/h2-4,6,8-10,15,18,21,23,25H,5,7,11-14,16-17,19-20H2,1H3/t21-,23?,25?/m1/s1. The summed E-state index contributed by atoms with van der Waals surface area (Å²) in [5.74, 6) is 1.64. The van der Waals surface area contributed by atoms with Crippen molar-refractivity contribution in [2.45, 2.75) is 71.1 Å². The number of aliphatic imine (C=N–C) groups is 1. The molecule has 1 saturated carbocycles. The first kappa shape index (κ1) is 21.0. The van der Waals surface area contributed by atoms with Crippen LogP contribution in [0.4, 0.5) is 0 Å². The van der Waals surface area contributed by atoms with Crippen LogP contribution < -0.4 is 0 Å². The van der Waals surface area contributed by atoms with Crippen molar-refractivity contribution < 1.29 is 4.79 Å². The summed E-state index contributed by atoms with van der Waals surface area (Å²) < 4.78 is 0. The summed E-state index contributed by atoms with van der Waals surface area (Å²) in [4.78, 5) is 17.8. The van der Waals surface area contributed by atoms with E-state index in [1.165, 1.54) is 49.0 Å². The second-order valence-electron chi connectivity index (χ2n) is 9.39. The van der Waals surface area contributed by atoms with Gasteiger partial charge in [-0.3, -0.25) is 9.79 Å². The quantitative estimate of drug-likeness (QED) is 0.471. The molecule has 4 rings (SSSR count). The van der Waals surface area contributed by atoms with Crippen LogP contribution in [0.1, 0.15) is 70.3 Å². The Morgan fingerprint density at radius 1 is 1.10 bits per heavy atom. The molecule has 0 radical (unpaired) electrons. The van der Waals surface area contributed by atoms with Crippen LogP contribution in [0.15, 0.2) is 70.9 Å². The topological polar surface area (TPSA) is 29.4 Å². The van der Waals surface area contributed by atoms with Crippen molar-refractivity contribution in [2.75, 3.05) is 0 Å². The molecule has 0 bridgehead atoms. The lowest BCUT2D eigenvalue weighted by atomic mass is 9.83.